The fourth-order valence-electron chi connectivity index (χ4n) is 1.40. The molecule has 2 heterocycles. The maximum atomic E-state index is 8.87. The summed E-state index contributed by atoms with van der Waals surface area (Å²) in [5.41, 5.74) is 1.23. The monoisotopic (exact) mass is 229 g/mol. The normalized spacial score (nSPS) is 9.75. The number of pyridine rings is 1. The Morgan fingerprint density at radius 3 is 3.00 bits per heavy atom. The van der Waals surface area contributed by atoms with Crippen molar-refractivity contribution < 1.29 is 0 Å². The maximum Gasteiger partial charge on any atom is 0.163 e. The number of nitrogens with zero attached hydrogens (tertiary/aromatic N) is 2. The van der Waals surface area contributed by atoms with Crippen LogP contribution in [-0.4, -0.2) is 4.98 Å². The molecule has 0 fully saturated rings. The van der Waals surface area contributed by atoms with Gasteiger partial charge < -0.3 is 5.32 Å². The van der Waals surface area contributed by atoms with E-state index in [0.29, 0.717) is 5.69 Å². The molecule has 0 spiro atoms. The molecule has 0 amide bonds. The van der Waals surface area contributed by atoms with Crippen LogP contribution in [0.15, 0.2) is 30.5 Å². The molecule has 1 N–H and O–H groups in total. The first-order chi connectivity index (χ1) is 7.79. The SMILES string of the molecule is Cc1ccc(CNc2cccnc2C#N)s1. The van der Waals surface area contributed by atoms with Crippen LogP contribution in [0.2, 0.25) is 0 Å². The Morgan fingerprint density at radius 2 is 2.31 bits per heavy atom. The highest BCUT2D eigenvalue weighted by molar-refractivity contribution is 7.11. The van der Waals surface area contributed by atoms with Gasteiger partial charge in [0.2, 0.25) is 0 Å². The molecule has 16 heavy (non-hydrogen) atoms. The van der Waals surface area contributed by atoms with Crippen LogP contribution in [0.4, 0.5) is 5.69 Å². The summed E-state index contributed by atoms with van der Waals surface area (Å²) in [6, 6.07) is 9.94. The largest absolute Gasteiger partial charge is 0.378 e. The van der Waals surface area contributed by atoms with E-state index in [-0.39, 0.29) is 0 Å². The number of hydrogen-bond acceptors (Lipinski definition) is 4. The number of nitriles is 1. The zero-order valence-electron chi connectivity index (χ0n) is 8.90. The highest BCUT2D eigenvalue weighted by atomic mass is 32.1. The average Bonchev–Trinajstić information content (AvgIpc) is 2.73. The second-order valence-electron chi connectivity index (χ2n) is 3.38. The smallest absolute Gasteiger partial charge is 0.163 e. The van der Waals surface area contributed by atoms with Gasteiger partial charge in [0.1, 0.15) is 6.07 Å². The van der Waals surface area contributed by atoms with Gasteiger partial charge in [0.25, 0.3) is 0 Å². The van der Waals surface area contributed by atoms with Gasteiger partial charge in [-0.2, -0.15) is 5.26 Å². The minimum atomic E-state index is 0.441. The summed E-state index contributed by atoms with van der Waals surface area (Å²) >= 11 is 1.75. The first-order valence-corrected chi connectivity index (χ1v) is 5.75. The fourth-order valence-corrected chi connectivity index (χ4v) is 2.23. The Morgan fingerprint density at radius 1 is 1.44 bits per heavy atom. The minimum absolute atomic E-state index is 0.441. The third-order valence-electron chi connectivity index (χ3n) is 2.16. The zero-order valence-corrected chi connectivity index (χ0v) is 9.71. The van der Waals surface area contributed by atoms with E-state index in [0.717, 1.165) is 12.2 Å². The van der Waals surface area contributed by atoms with Crippen molar-refractivity contribution in [1.29, 1.82) is 5.26 Å². The first kappa shape index (κ1) is 10.7. The van der Waals surface area contributed by atoms with Gasteiger partial charge in [-0.25, -0.2) is 4.98 Å². The number of thiophene rings is 1. The molecule has 4 heteroatoms. The molecule has 0 bridgehead atoms. The summed E-state index contributed by atoms with van der Waals surface area (Å²) in [6.45, 7) is 2.82. The van der Waals surface area contributed by atoms with Crippen molar-refractivity contribution in [2.75, 3.05) is 5.32 Å². The number of aryl methyl sites for hydroxylation is 1. The molecule has 0 radical (unpaired) electrons. The molecule has 0 aliphatic rings. The molecule has 0 unspecified atom stereocenters. The van der Waals surface area contributed by atoms with Crippen molar-refractivity contribution in [3.63, 3.8) is 0 Å². The summed E-state index contributed by atoms with van der Waals surface area (Å²) in [7, 11) is 0. The van der Waals surface area contributed by atoms with Crippen LogP contribution in [0.3, 0.4) is 0 Å². The van der Waals surface area contributed by atoms with Gasteiger partial charge >= 0.3 is 0 Å². The van der Waals surface area contributed by atoms with Crippen LogP contribution in [0.25, 0.3) is 0 Å². The molecule has 0 atom stereocenters. The second kappa shape index (κ2) is 4.77. The van der Waals surface area contributed by atoms with E-state index in [1.165, 1.54) is 9.75 Å². The maximum absolute atomic E-state index is 8.87. The predicted octanol–water partition coefficient (Wildman–Crippen LogP) is 2.94. The molecule has 0 aliphatic heterocycles. The molecular formula is C12H11N3S. The number of aromatic nitrogens is 1. The second-order valence-corrected chi connectivity index (χ2v) is 4.75. The van der Waals surface area contributed by atoms with Crippen molar-refractivity contribution in [2.45, 2.75) is 13.5 Å². The summed E-state index contributed by atoms with van der Waals surface area (Å²) in [6.07, 6.45) is 1.62. The number of nitrogens with one attached hydrogen (secondary N) is 1. The number of anilines is 1. The van der Waals surface area contributed by atoms with E-state index in [9.17, 15) is 0 Å². The standard InChI is InChI=1S/C12H11N3S/c1-9-4-5-10(16-9)8-15-11-3-2-6-14-12(11)7-13/h2-6,15H,8H2,1H3. The number of hydrogen-bond donors (Lipinski definition) is 1. The van der Waals surface area contributed by atoms with Gasteiger partial charge in [-0.1, -0.05) is 0 Å². The third-order valence-corrected chi connectivity index (χ3v) is 3.16. The summed E-state index contributed by atoms with van der Waals surface area (Å²) in [5.74, 6) is 0. The topological polar surface area (TPSA) is 48.7 Å². The van der Waals surface area contributed by atoms with Gasteiger partial charge in [0.15, 0.2) is 5.69 Å². The lowest BCUT2D eigenvalue weighted by Crippen LogP contribution is -2.00. The highest BCUT2D eigenvalue weighted by Crippen LogP contribution is 2.18. The third kappa shape index (κ3) is 2.38. The quantitative estimate of drug-likeness (QED) is 0.880. The van der Waals surface area contributed by atoms with Crippen molar-refractivity contribution in [2.24, 2.45) is 0 Å². The lowest BCUT2D eigenvalue weighted by atomic mass is 10.3. The van der Waals surface area contributed by atoms with E-state index in [1.54, 1.807) is 17.5 Å². The van der Waals surface area contributed by atoms with Crippen LogP contribution in [0, 0.1) is 18.3 Å². The average molecular weight is 229 g/mol. The molecule has 0 saturated heterocycles. The van der Waals surface area contributed by atoms with E-state index in [4.69, 9.17) is 5.26 Å². The van der Waals surface area contributed by atoms with Gasteiger partial charge in [-0.3, -0.25) is 0 Å². The Balaban J connectivity index is 2.08. The minimum Gasteiger partial charge on any atom is -0.378 e. The van der Waals surface area contributed by atoms with Gasteiger partial charge in [-0.15, -0.1) is 11.3 Å². The molecule has 2 rings (SSSR count). The Hall–Kier alpha value is -1.86. The Bertz CT molecular complexity index is 525. The lowest BCUT2D eigenvalue weighted by Gasteiger charge is -2.05. The number of rotatable bonds is 3. The summed E-state index contributed by atoms with van der Waals surface area (Å²) in [4.78, 5) is 6.54. The molecular weight excluding hydrogens is 218 g/mol. The van der Waals surface area contributed by atoms with Crippen molar-refractivity contribution in [3.8, 4) is 6.07 Å². The summed E-state index contributed by atoms with van der Waals surface area (Å²) < 4.78 is 0. The predicted molar refractivity (Wildman–Crippen MR) is 65.3 cm³/mol. The van der Waals surface area contributed by atoms with Crippen LogP contribution in [0.5, 0.6) is 0 Å². The molecule has 80 valence electrons. The molecule has 2 aromatic rings. The summed E-state index contributed by atoms with van der Waals surface area (Å²) in [5, 5.41) is 12.1. The van der Waals surface area contributed by atoms with Crippen molar-refractivity contribution >= 4 is 17.0 Å². The van der Waals surface area contributed by atoms with Crippen LogP contribution in [0.1, 0.15) is 15.4 Å². The van der Waals surface area contributed by atoms with E-state index < -0.39 is 0 Å². The van der Waals surface area contributed by atoms with E-state index in [2.05, 4.69) is 35.4 Å². The van der Waals surface area contributed by atoms with Crippen LogP contribution in [-0.2, 0) is 6.54 Å². The van der Waals surface area contributed by atoms with Crippen molar-refractivity contribution in [1.82, 2.24) is 4.98 Å². The van der Waals surface area contributed by atoms with Crippen LogP contribution < -0.4 is 5.32 Å². The Labute approximate surface area is 98.4 Å². The molecule has 0 aromatic carbocycles. The lowest BCUT2D eigenvalue weighted by molar-refractivity contribution is 1.16. The fraction of sp³-hybridized carbons (Fsp3) is 0.167. The zero-order chi connectivity index (χ0) is 11.4. The Kier molecular flexibility index (Phi) is 3.18. The molecule has 3 nitrogen and oxygen atoms in total. The molecule has 0 aliphatic carbocycles. The van der Waals surface area contributed by atoms with E-state index in [1.807, 2.05) is 12.1 Å². The van der Waals surface area contributed by atoms with Crippen LogP contribution >= 0.6 is 11.3 Å². The van der Waals surface area contributed by atoms with Gasteiger partial charge in [0.05, 0.1) is 5.69 Å². The highest BCUT2D eigenvalue weighted by Gasteiger charge is 2.02. The molecule has 0 saturated carbocycles. The van der Waals surface area contributed by atoms with Gasteiger partial charge in [-0.05, 0) is 31.2 Å². The van der Waals surface area contributed by atoms with Gasteiger partial charge in [0, 0.05) is 22.5 Å². The first-order valence-electron chi connectivity index (χ1n) is 4.94. The van der Waals surface area contributed by atoms with Crippen molar-refractivity contribution in [3.05, 3.63) is 45.9 Å². The molecule has 2 aromatic heterocycles. The van der Waals surface area contributed by atoms with E-state index >= 15 is 0 Å².